The lowest BCUT2D eigenvalue weighted by Crippen LogP contribution is -1.81. The number of halogens is 1. The molecule has 2 radical (unpaired) electrons. The Kier molecular flexibility index (Phi) is 1.37. The van der Waals surface area contributed by atoms with Gasteiger partial charge in [-0.2, -0.15) is 0 Å². The van der Waals surface area contributed by atoms with Crippen molar-refractivity contribution in [1.29, 1.82) is 0 Å². The predicted molar refractivity (Wildman–Crippen MR) is 29.0 cm³/mol. The van der Waals surface area contributed by atoms with Crippen LogP contribution in [0.1, 0.15) is 0 Å². The molecular weight excluding hydrogens is 118 g/mol. The van der Waals surface area contributed by atoms with E-state index in [9.17, 15) is 0 Å². The Bertz CT molecular complexity index is 73.2. The summed E-state index contributed by atoms with van der Waals surface area (Å²) in [7, 11) is 0. The second kappa shape index (κ2) is 1.85. The molecule has 1 heterocycles. The molecule has 0 saturated heterocycles. The normalized spacial score (nSPS) is 31.8. The monoisotopic (exact) mass is 119 g/mol. The van der Waals surface area contributed by atoms with Crippen molar-refractivity contribution in [3.63, 3.8) is 0 Å². The minimum absolute atomic E-state index is 0.0324. The lowest BCUT2D eigenvalue weighted by molar-refractivity contribution is 1.59. The van der Waals surface area contributed by atoms with Crippen molar-refractivity contribution in [3.05, 3.63) is 5.88 Å². The zero-order valence-corrected chi connectivity index (χ0v) is 4.46. The topological polar surface area (TPSA) is 12.4 Å². The minimum atomic E-state index is 0.0324. The molecule has 32 valence electrons. The van der Waals surface area contributed by atoms with Crippen molar-refractivity contribution < 1.29 is 0 Å². The standard InChI is InChI=1S/C3H2ClNS/c4-3-1-5-2-6-3/h1,3H. The summed E-state index contributed by atoms with van der Waals surface area (Å²) in [5.74, 6) is 2.63. The second-order valence-electron chi connectivity index (χ2n) is 0.838. The molecule has 0 saturated carbocycles. The Hall–Kier alpha value is 0.310. The van der Waals surface area contributed by atoms with Gasteiger partial charge in [0.2, 0.25) is 0 Å². The highest BCUT2D eigenvalue weighted by molar-refractivity contribution is 8.03. The largest absolute Gasteiger partial charge is 0.270 e. The first-order chi connectivity index (χ1) is 2.89. The molecule has 0 aromatic carbocycles. The molecule has 1 aliphatic rings. The van der Waals surface area contributed by atoms with E-state index < -0.39 is 0 Å². The molecule has 1 atom stereocenters. The summed E-state index contributed by atoms with van der Waals surface area (Å²) in [5.41, 5.74) is 0. The molecular formula is C3H2ClNS. The van der Waals surface area contributed by atoms with Gasteiger partial charge in [-0.25, -0.2) is 0 Å². The van der Waals surface area contributed by atoms with Gasteiger partial charge in [0.05, 0.1) is 0 Å². The van der Waals surface area contributed by atoms with E-state index >= 15 is 0 Å². The van der Waals surface area contributed by atoms with Gasteiger partial charge in [0.1, 0.15) is 4.71 Å². The third-order valence-corrected chi connectivity index (χ3v) is 1.35. The number of alkyl halides is 1. The molecule has 0 N–H and O–H groups in total. The van der Waals surface area contributed by atoms with Gasteiger partial charge < -0.3 is 0 Å². The number of aliphatic imine (C=N–C) groups is 1. The average Bonchev–Trinajstić information content (AvgIpc) is 1.86. The maximum atomic E-state index is 5.46. The summed E-state index contributed by atoms with van der Waals surface area (Å²) in [5, 5.41) is 0. The summed E-state index contributed by atoms with van der Waals surface area (Å²) in [6, 6.07) is 0. The van der Waals surface area contributed by atoms with Crippen LogP contribution in [0.25, 0.3) is 0 Å². The molecule has 1 unspecified atom stereocenters. The van der Waals surface area contributed by atoms with E-state index in [4.69, 9.17) is 11.6 Å². The van der Waals surface area contributed by atoms with E-state index in [1.54, 1.807) is 6.21 Å². The number of hydrogen-bond acceptors (Lipinski definition) is 2. The molecule has 0 spiro atoms. The van der Waals surface area contributed by atoms with Crippen LogP contribution in [0, 0.1) is 5.88 Å². The molecule has 0 aromatic heterocycles. The fourth-order valence-electron chi connectivity index (χ4n) is 0.200. The molecule has 3 heteroatoms. The first-order valence-corrected chi connectivity index (χ1v) is 2.79. The Morgan fingerprint density at radius 3 is 3.00 bits per heavy atom. The molecule has 0 amide bonds. The van der Waals surface area contributed by atoms with Crippen molar-refractivity contribution in [2.24, 2.45) is 4.99 Å². The van der Waals surface area contributed by atoms with Gasteiger partial charge in [-0.05, 0) is 0 Å². The molecule has 1 aliphatic heterocycles. The van der Waals surface area contributed by atoms with Gasteiger partial charge in [-0.15, -0.1) is 11.6 Å². The molecule has 0 fully saturated rings. The Morgan fingerprint density at radius 2 is 2.83 bits per heavy atom. The van der Waals surface area contributed by atoms with Gasteiger partial charge in [0.15, 0.2) is 5.88 Å². The first-order valence-electron chi connectivity index (χ1n) is 1.47. The number of nitrogens with zero attached hydrogens (tertiary/aromatic N) is 1. The number of hydrogen-bond donors (Lipinski definition) is 0. The highest BCUT2D eigenvalue weighted by Gasteiger charge is 2.05. The summed E-state index contributed by atoms with van der Waals surface area (Å²) in [6.07, 6.45) is 1.65. The number of rotatable bonds is 0. The highest BCUT2D eigenvalue weighted by atomic mass is 35.5. The van der Waals surface area contributed by atoms with Crippen LogP contribution in [0.5, 0.6) is 0 Å². The van der Waals surface area contributed by atoms with Crippen LogP contribution >= 0.6 is 23.4 Å². The molecule has 0 bridgehead atoms. The van der Waals surface area contributed by atoms with E-state index in [-0.39, 0.29) is 4.71 Å². The lowest BCUT2D eigenvalue weighted by atomic mass is 10.9. The van der Waals surface area contributed by atoms with Gasteiger partial charge in [-0.3, -0.25) is 4.99 Å². The number of thioether (sulfide) groups is 1. The van der Waals surface area contributed by atoms with Gasteiger partial charge in [0, 0.05) is 6.21 Å². The third kappa shape index (κ3) is 0.884. The zero-order valence-electron chi connectivity index (χ0n) is 2.89. The molecule has 0 aliphatic carbocycles. The van der Waals surface area contributed by atoms with E-state index in [2.05, 4.69) is 10.9 Å². The summed E-state index contributed by atoms with van der Waals surface area (Å²) in [6.45, 7) is 0. The maximum Gasteiger partial charge on any atom is 0.183 e. The smallest absolute Gasteiger partial charge is 0.183 e. The summed E-state index contributed by atoms with van der Waals surface area (Å²) >= 11 is 6.85. The fraction of sp³-hybridized carbons (Fsp3) is 0.333. The minimum Gasteiger partial charge on any atom is -0.270 e. The molecule has 6 heavy (non-hydrogen) atoms. The SMILES string of the molecule is ClC1C=N[C]S1. The van der Waals surface area contributed by atoms with Gasteiger partial charge in [0.25, 0.3) is 0 Å². The lowest BCUT2D eigenvalue weighted by Gasteiger charge is -1.82. The van der Waals surface area contributed by atoms with Crippen molar-refractivity contribution in [2.75, 3.05) is 0 Å². The first kappa shape index (κ1) is 4.47. The van der Waals surface area contributed by atoms with E-state index in [0.29, 0.717) is 0 Å². The van der Waals surface area contributed by atoms with E-state index in [1.165, 1.54) is 11.8 Å². The van der Waals surface area contributed by atoms with Crippen molar-refractivity contribution in [2.45, 2.75) is 4.71 Å². The van der Waals surface area contributed by atoms with Crippen molar-refractivity contribution in [3.8, 4) is 0 Å². The summed E-state index contributed by atoms with van der Waals surface area (Å²) < 4.78 is 0.0324. The zero-order chi connectivity index (χ0) is 4.41. The van der Waals surface area contributed by atoms with Crippen LogP contribution in [-0.4, -0.2) is 10.9 Å². The van der Waals surface area contributed by atoms with Gasteiger partial charge in [-0.1, -0.05) is 11.8 Å². The van der Waals surface area contributed by atoms with Crippen molar-refractivity contribution in [1.82, 2.24) is 0 Å². The molecule has 1 rings (SSSR count). The predicted octanol–water partition coefficient (Wildman–Crippen LogP) is 1.37. The van der Waals surface area contributed by atoms with Crippen LogP contribution in [0.2, 0.25) is 0 Å². The van der Waals surface area contributed by atoms with E-state index in [1.807, 2.05) is 0 Å². The quantitative estimate of drug-likeness (QED) is 0.439. The Balaban J connectivity index is 2.38. The van der Waals surface area contributed by atoms with Crippen LogP contribution in [0.15, 0.2) is 4.99 Å². The molecule has 0 aromatic rings. The fourth-order valence-corrected chi connectivity index (χ4v) is 0.720. The Labute approximate surface area is 45.8 Å². The second-order valence-corrected chi connectivity index (χ2v) is 2.49. The van der Waals surface area contributed by atoms with Crippen LogP contribution in [0.3, 0.4) is 0 Å². The highest BCUT2D eigenvalue weighted by Crippen LogP contribution is 2.21. The van der Waals surface area contributed by atoms with E-state index in [0.717, 1.165) is 0 Å². The van der Waals surface area contributed by atoms with Crippen LogP contribution < -0.4 is 0 Å². The Morgan fingerprint density at radius 1 is 2.00 bits per heavy atom. The summed E-state index contributed by atoms with van der Waals surface area (Å²) in [4.78, 5) is 3.62. The maximum absolute atomic E-state index is 5.46. The van der Waals surface area contributed by atoms with Gasteiger partial charge >= 0.3 is 0 Å². The van der Waals surface area contributed by atoms with Crippen LogP contribution in [0.4, 0.5) is 0 Å². The average molecular weight is 120 g/mol. The molecule has 1 nitrogen and oxygen atoms in total. The van der Waals surface area contributed by atoms with Crippen LogP contribution in [-0.2, 0) is 0 Å². The van der Waals surface area contributed by atoms with Crippen molar-refractivity contribution >= 4 is 29.6 Å². The third-order valence-electron chi connectivity index (χ3n) is 0.410.